The second-order valence-corrected chi connectivity index (χ2v) is 8.30. The van der Waals surface area contributed by atoms with Gasteiger partial charge in [0.15, 0.2) is 4.34 Å². The highest BCUT2D eigenvalue weighted by Crippen LogP contribution is 2.23. The summed E-state index contributed by atoms with van der Waals surface area (Å²) in [7, 11) is 0. The lowest BCUT2D eigenvalue weighted by atomic mass is 10.1. The zero-order valence-electron chi connectivity index (χ0n) is 13.9. The molecule has 0 fully saturated rings. The fourth-order valence-corrected chi connectivity index (χ4v) is 3.56. The SMILES string of the molecule is CC(C)CCNC(=O)CSc1nnc(C(=O)Nc2cccc(Cl)c2)s1. The smallest absolute Gasteiger partial charge is 0.286 e. The molecule has 2 amide bonds. The van der Waals surface area contributed by atoms with Crippen LogP contribution in [0.4, 0.5) is 5.69 Å². The van der Waals surface area contributed by atoms with Gasteiger partial charge < -0.3 is 10.6 Å². The summed E-state index contributed by atoms with van der Waals surface area (Å²) in [6.45, 7) is 4.89. The molecular weight excluding hydrogens is 380 g/mol. The molecule has 9 heteroatoms. The highest BCUT2D eigenvalue weighted by Gasteiger charge is 2.14. The predicted molar refractivity (Wildman–Crippen MR) is 103 cm³/mol. The molecule has 6 nitrogen and oxygen atoms in total. The molecule has 0 aliphatic heterocycles. The van der Waals surface area contributed by atoms with Crippen LogP contribution in [-0.2, 0) is 4.79 Å². The van der Waals surface area contributed by atoms with E-state index >= 15 is 0 Å². The number of benzene rings is 1. The highest BCUT2D eigenvalue weighted by atomic mass is 35.5. The Bertz CT molecular complexity index is 736. The molecule has 1 heterocycles. The van der Waals surface area contributed by atoms with Crippen molar-refractivity contribution in [1.82, 2.24) is 15.5 Å². The number of nitrogens with one attached hydrogen (secondary N) is 2. The van der Waals surface area contributed by atoms with Crippen molar-refractivity contribution in [2.75, 3.05) is 17.6 Å². The molecule has 0 spiro atoms. The van der Waals surface area contributed by atoms with Crippen LogP contribution in [0, 0.1) is 5.92 Å². The van der Waals surface area contributed by atoms with Crippen molar-refractivity contribution in [3.63, 3.8) is 0 Å². The maximum atomic E-state index is 12.1. The fraction of sp³-hybridized carbons (Fsp3) is 0.375. The maximum absolute atomic E-state index is 12.1. The molecule has 0 aliphatic rings. The first kappa shape index (κ1) is 19.7. The van der Waals surface area contributed by atoms with E-state index in [9.17, 15) is 9.59 Å². The minimum Gasteiger partial charge on any atom is -0.355 e. The van der Waals surface area contributed by atoms with Gasteiger partial charge in [0, 0.05) is 17.3 Å². The second kappa shape index (κ2) is 9.74. The van der Waals surface area contributed by atoms with Crippen molar-refractivity contribution in [2.24, 2.45) is 5.92 Å². The van der Waals surface area contributed by atoms with E-state index in [1.165, 1.54) is 11.8 Å². The van der Waals surface area contributed by atoms with Gasteiger partial charge in [0.25, 0.3) is 5.91 Å². The van der Waals surface area contributed by atoms with Gasteiger partial charge in [0.1, 0.15) is 0 Å². The number of nitrogens with zero attached hydrogens (tertiary/aromatic N) is 2. The van der Waals surface area contributed by atoms with Gasteiger partial charge in [-0.3, -0.25) is 9.59 Å². The Morgan fingerprint density at radius 2 is 2.12 bits per heavy atom. The average molecular weight is 399 g/mol. The summed E-state index contributed by atoms with van der Waals surface area (Å²) in [4.78, 5) is 23.9. The van der Waals surface area contributed by atoms with E-state index in [1.54, 1.807) is 24.3 Å². The second-order valence-electron chi connectivity index (χ2n) is 5.66. The molecular formula is C16H19ClN4O2S2. The highest BCUT2D eigenvalue weighted by molar-refractivity contribution is 8.01. The summed E-state index contributed by atoms with van der Waals surface area (Å²) >= 11 is 8.30. The maximum Gasteiger partial charge on any atom is 0.286 e. The number of hydrogen-bond acceptors (Lipinski definition) is 6. The first-order valence-corrected chi connectivity index (χ1v) is 9.92. The van der Waals surface area contributed by atoms with Crippen LogP contribution < -0.4 is 10.6 Å². The molecule has 0 aliphatic carbocycles. The molecule has 1 aromatic heterocycles. The van der Waals surface area contributed by atoms with E-state index in [2.05, 4.69) is 34.7 Å². The van der Waals surface area contributed by atoms with Crippen LogP contribution in [0.5, 0.6) is 0 Å². The topological polar surface area (TPSA) is 84.0 Å². The molecule has 0 radical (unpaired) electrons. The van der Waals surface area contributed by atoms with Crippen molar-refractivity contribution < 1.29 is 9.59 Å². The van der Waals surface area contributed by atoms with Crippen LogP contribution in [0.3, 0.4) is 0 Å². The van der Waals surface area contributed by atoms with Crippen LogP contribution in [0.15, 0.2) is 28.6 Å². The number of halogens is 1. The Morgan fingerprint density at radius 3 is 2.84 bits per heavy atom. The Labute approximate surface area is 159 Å². The molecule has 2 N–H and O–H groups in total. The third-order valence-corrected chi connectivity index (χ3v) is 5.34. The largest absolute Gasteiger partial charge is 0.355 e. The van der Waals surface area contributed by atoms with Gasteiger partial charge in [-0.2, -0.15) is 0 Å². The zero-order chi connectivity index (χ0) is 18.2. The number of thioether (sulfide) groups is 1. The molecule has 0 saturated carbocycles. The first-order chi connectivity index (χ1) is 11.9. The molecule has 1 aromatic carbocycles. The van der Waals surface area contributed by atoms with Gasteiger partial charge in [0.05, 0.1) is 5.75 Å². The lowest BCUT2D eigenvalue weighted by Gasteiger charge is -2.05. The Hall–Kier alpha value is -1.64. The van der Waals surface area contributed by atoms with E-state index in [0.717, 1.165) is 17.8 Å². The van der Waals surface area contributed by atoms with Gasteiger partial charge in [-0.05, 0) is 30.5 Å². The van der Waals surface area contributed by atoms with Crippen molar-refractivity contribution >= 4 is 52.2 Å². The third-order valence-electron chi connectivity index (χ3n) is 3.05. The molecule has 2 aromatic rings. The van der Waals surface area contributed by atoms with E-state index in [4.69, 9.17) is 11.6 Å². The fourth-order valence-electron chi connectivity index (χ4n) is 1.79. The molecule has 0 atom stereocenters. The monoisotopic (exact) mass is 398 g/mol. The van der Waals surface area contributed by atoms with Crippen LogP contribution >= 0.6 is 34.7 Å². The molecule has 0 unspecified atom stereocenters. The predicted octanol–water partition coefficient (Wildman–Crippen LogP) is 3.70. The Morgan fingerprint density at radius 1 is 1.32 bits per heavy atom. The normalized spacial score (nSPS) is 10.7. The summed E-state index contributed by atoms with van der Waals surface area (Å²) < 4.78 is 0.579. The standard InChI is InChI=1S/C16H19ClN4O2S2/c1-10(2)6-7-18-13(22)9-24-16-21-20-15(25-16)14(23)19-12-5-3-4-11(17)8-12/h3-5,8,10H,6-7,9H2,1-2H3,(H,18,22)(H,19,23). The van der Waals surface area contributed by atoms with Gasteiger partial charge in [-0.25, -0.2) is 0 Å². The van der Waals surface area contributed by atoms with E-state index in [0.29, 0.717) is 27.5 Å². The number of carbonyl (C=O) groups is 2. The van der Waals surface area contributed by atoms with Crippen LogP contribution in [-0.4, -0.2) is 34.3 Å². The number of amides is 2. The van der Waals surface area contributed by atoms with Crippen LogP contribution in [0.1, 0.15) is 30.1 Å². The number of rotatable bonds is 8. The summed E-state index contributed by atoms with van der Waals surface area (Å²) in [5, 5.41) is 14.2. The molecule has 0 bridgehead atoms. The molecule has 0 saturated heterocycles. The Kier molecular flexibility index (Phi) is 7.67. The minimum absolute atomic E-state index is 0.0502. The number of aromatic nitrogens is 2. The zero-order valence-corrected chi connectivity index (χ0v) is 16.3. The number of carbonyl (C=O) groups excluding carboxylic acids is 2. The summed E-state index contributed by atoms with van der Waals surface area (Å²) in [5.41, 5.74) is 0.589. The van der Waals surface area contributed by atoms with Crippen LogP contribution in [0.25, 0.3) is 0 Å². The lowest BCUT2D eigenvalue weighted by molar-refractivity contribution is -0.118. The van der Waals surface area contributed by atoms with Crippen LogP contribution in [0.2, 0.25) is 5.02 Å². The molecule has 2 rings (SSSR count). The van der Waals surface area contributed by atoms with E-state index < -0.39 is 0 Å². The van der Waals surface area contributed by atoms with E-state index in [-0.39, 0.29) is 22.6 Å². The van der Waals surface area contributed by atoms with Gasteiger partial charge in [-0.15, -0.1) is 10.2 Å². The quantitative estimate of drug-likeness (QED) is 0.662. The average Bonchev–Trinajstić information content (AvgIpc) is 3.02. The molecule has 134 valence electrons. The minimum atomic E-state index is -0.354. The summed E-state index contributed by atoms with van der Waals surface area (Å²) in [6.07, 6.45) is 0.947. The lowest BCUT2D eigenvalue weighted by Crippen LogP contribution is -2.26. The molecule has 25 heavy (non-hydrogen) atoms. The number of hydrogen-bond donors (Lipinski definition) is 2. The van der Waals surface area contributed by atoms with Gasteiger partial charge in [-0.1, -0.05) is 54.6 Å². The van der Waals surface area contributed by atoms with E-state index in [1.807, 2.05) is 0 Å². The van der Waals surface area contributed by atoms with Crippen molar-refractivity contribution in [2.45, 2.75) is 24.6 Å². The van der Waals surface area contributed by atoms with Crippen molar-refractivity contribution in [1.29, 1.82) is 0 Å². The third kappa shape index (κ3) is 7.01. The van der Waals surface area contributed by atoms with Crippen molar-refractivity contribution in [3.05, 3.63) is 34.3 Å². The first-order valence-electron chi connectivity index (χ1n) is 7.74. The number of anilines is 1. The summed E-state index contributed by atoms with van der Waals surface area (Å²) in [6, 6.07) is 6.86. The Balaban J connectivity index is 1.81. The van der Waals surface area contributed by atoms with Gasteiger partial charge in [0.2, 0.25) is 10.9 Å². The van der Waals surface area contributed by atoms with Gasteiger partial charge >= 0.3 is 0 Å². The summed E-state index contributed by atoms with van der Waals surface area (Å²) in [5.74, 6) is 0.401. The van der Waals surface area contributed by atoms with Crippen molar-refractivity contribution in [3.8, 4) is 0 Å².